The fourth-order valence-corrected chi connectivity index (χ4v) is 6.81. The molecule has 0 radical (unpaired) electrons. The summed E-state index contributed by atoms with van der Waals surface area (Å²) in [7, 11) is -1.40. The van der Waals surface area contributed by atoms with Gasteiger partial charge in [0.25, 0.3) is 0 Å². The fourth-order valence-electron chi connectivity index (χ4n) is 6.09. The molecule has 0 saturated carbocycles. The Kier molecular flexibility index (Phi) is 6.10. The summed E-state index contributed by atoms with van der Waals surface area (Å²) < 4.78 is 16.0. The lowest BCUT2D eigenvalue weighted by atomic mass is 9.67. The van der Waals surface area contributed by atoms with Gasteiger partial charge in [0.2, 0.25) is 0 Å². The average Bonchev–Trinajstić information content (AvgIpc) is 3.57. The largest absolute Gasteiger partial charge is 0.355 e. The monoisotopic (exact) mass is 557 g/mol. The van der Waals surface area contributed by atoms with Crippen molar-refractivity contribution in [2.75, 3.05) is 18.0 Å². The van der Waals surface area contributed by atoms with E-state index in [1.807, 2.05) is 55.2 Å². The third-order valence-electron chi connectivity index (χ3n) is 8.24. The number of piperidine rings is 1. The summed E-state index contributed by atoms with van der Waals surface area (Å²) in [5.74, 6) is 1.90. The first-order valence-electron chi connectivity index (χ1n) is 12.4. The van der Waals surface area contributed by atoms with Crippen LogP contribution in [0.1, 0.15) is 44.7 Å². The molecule has 2 aliphatic rings. The molecule has 0 aliphatic carbocycles. The van der Waals surface area contributed by atoms with E-state index in [0.717, 1.165) is 61.6 Å². The van der Waals surface area contributed by atoms with Gasteiger partial charge in [0.1, 0.15) is 11.3 Å². The van der Waals surface area contributed by atoms with Crippen LogP contribution in [0.25, 0.3) is 16.9 Å². The van der Waals surface area contributed by atoms with Crippen molar-refractivity contribution in [2.24, 2.45) is 10.6 Å². The molecule has 1 spiro atoms. The number of imidazole rings is 1. The number of nitrogens with two attached hydrogens (primary N) is 1. The van der Waals surface area contributed by atoms with Gasteiger partial charge < -0.3 is 4.90 Å². The highest BCUT2D eigenvalue weighted by atomic mass is 35.5. The van der Waals surface area contributed by atoms with Gasteiger partial charge in [0, 0.05) is 60.8 Å². The van der Waals surface area contributed by atoms with Gasteiger partial charge in [0.05, 0.1) is 32.0 Å². The van der Waals surface area contributed by atoms with E-state index in [9.17, 15) is 4.21 Å². The predicted molar refractivity (Wildman–Crippen MR) is 148 cm³/mol. The molecule has 2 aliphatic heterocycles. The van der Waals surface area contributed by atoms with Crippen molar-refractivity contribution in [2.45, 2.75) is 50.3 Å². The van der Waals surface area contributed by atoms with Crippen LogP contribution in [0.15, 0.2) is 49.1 Å². The highest BCUT2D eigenvalue weighted by Gasteiger charge is 2.50. The first-order chi connectivity index (χ1) is 17.7. The second-order valence-corrected chi connectivity index (χ2v) is 13.3. The van der Waals surface area contributed by atoms with Gasteiger partial charge in [-0.1, -0.05) is 29.3 Å². The van der Waals surface area contributed by atoms with Crippen molar-refractivity contribution in [1.29, 1.82) is 0 Å². The minimum atomic E-state index is -1.40. The van der Waals surface area contributed by atoms with Gasteiger partial charge in [-0.2, -0.15) is 5.10 Å². The van der Waals surface area contributed by atoms with E-state index in [-0.39, 0.29) is 11.3 Å². The van der Waals surface area contributed by atoms with E-state index >= 15 is 0 Å². The molecular formula is C26H29Cl2N7OS. The molecule has 2 atom stereocenters. The molecular weight excluding hydrogens is 529 g/mol. The SMILES string of the molecule is CC(C)(C[C@@H]1c2ccnn2CC12CCN(c1nccn3c(-c4cccc(Cl)c4Cl)ncc13)CC2)S(N)=O. The maximum atomic E-state index is 12.3. The van der Waals surface area contributed by atoms with E-state index in [0.29, 0.717) is 10.0 Å². The van der Waals surface area contributed by atoms with Gasteiger partial charge >= 0.3 is 0 Å². The Labute approximate surface area is 228 Å². The van der Waals surface area contributed by atoms with E-state index in [1.165, 1.54) is 5.69 Å². The zero-order valence-corrected chi connectivity index (χ0v) is 23.1. The molecule has 11 heteroatoms. The van der Waals surface area contributed by atoms with Crippen molar-refractivity contribution in [1.82, 2.24) is 24.1 Å². The Morgan fingerprint density at radius 3 is 2.70 bits per heavy atom. The molecule has 5 heterocycles. The molecule has 0 bridgehead atoms. The van der Waals surface area contributed by atoms with Crippen LogP contribution in [0.4, 0.5) is 5.82 Å². The highest BCUT2D eigenvalue weighted by molar-refractivity contribution is 7.84. The van der Waals surface area contributed by atoms with Crippen LogP contribution in [0.5, 0.6) is 0 Å². The molecule has 1 unspecified atom stereocenters. The maximum Gasteiger partial charge on any atom is 0.154 e. The van der Waals surface area contributed by atoms with E-state index in [1.54, 1.807) is 6.07 Å². The Morgan fingerprint density at radius 1 is 1.16 bits per heavy atom. The average molecular weight is 559 g/mol. The summed E-state index contributed by atoms with van der Waals surface area (Å²) >= 11 is 12.8. The van der Waals surface area contributed by atoms with Crippen molar-refractivity contribution in [3.05, 3.63) is 64.8 Å². The molecule has 3 aromatic heterocycles. The van der Waals surface area contributed by atoms with E-state index in [4.69, 9.17) is 33.3 Å². The second-order valence-electron chi connectivity index (χ2n) is 10.8. The molecule has 2 N–H and O–H groups in total. The van der Waals surface area contributed by atoms with Crippen molar-refractivity contribution < 1.29 is 4.21 Å². The molecule has 1 fully saturated rings. The number of rotatable bonds is 5. The zero-order chi connectivity index (χ0) is 25.9. The van der Waals surface area contributed by atoms with Gasteiger partial charge in [0.15, 0.2) is 5.82 Å². The van der Waals surface area contributed by atoms with Crippen LogP contribution in [0.3, 0.4) is 0 Å². The van der Waals surface area contributed by atoms with Crippen molar-refractivity contribution in [3.8, 4) is 11.4 Å². The Balaban J connectivity index is 1.29. The van der Waals surface area contributed by atoms with Gasteiger partial charge in [-0.05, 0) is 51.3 Å². The number of benzene rings is 1. The number of anilines is 1. The van der Waals surface area contributed by atoms with E-state index < -0.39 is 15.7 Å². The lowest BCUT2D eigenvalue weighted by Crippen LogP contribution is -2.45. The van der Waals surface area contributed by atoms with Gasteiger partial charge in [-0.3, -0.25) is 14.2 Å². The normalized spacial score (nSPS) is 20.0. The molecule has 1 aromatic carbocycles. The Bertz CT molecular complexity index is 1510. The quantitative estimate of drug-likeness (QED) is 0.369. The van der Waals surface area contributed by atoms with Crippen LogP contribution in [0, 0.1) is 5.41 Å². The van der Waals surface area contributed by atoms with Crippen molar-refractivity contribution >= 4 is 45.5 Å². The van der Waals surface area contributed by atoms with Crippen LogP contribution in [0.2, 0.25) is 10.0 Å². The smallest absolute Gasteiger partial charge is 0.154 e. The van der Waals surface area contributed by atoms with Gasteiger partial charge in [-0.15, -0.1) is 0 Å². The first kappa shape index (κ1) is 24.9. The summed E-state index contributed by atoms with van der Waals surface area (Å²) in [5.41, 5.74) is 3.00. The fraction of sp³-hybridized carbons (Fsp3) is 0.423. The molecule has 1 saturated heterocycles. The lowest BCUT2D eigenvalue weighted by Gasteiger charge is -2.44. The number of fused-ring (bicyclic) bond motifs is 2. The lowest BCUT2D eigenvalue weighted by molar-refractivity contribution is 0.156. The summed E-state index contributed by atoms with van der Waals surface area (Å²) in [6, 6.07) is 7.68. The van der Waals surface area contributed by atoms with Crippen LogP contribution in [-0.4, -0.2) is 46.2 Å². The second kappa shape index (κ2) is 9.08. The summed E-state index contributed by atoms with van der Waals surface area (Å²) in [5, 5.41) is 11.5. The Morgan fingerprint density at radius 2 is 1.95 bits per heavy atom. The molecule has 4 aromatic rings. The predicted octanol–water partition coefficient (Wildman–Crippen LogP) is 5.07. The maximum absolute atomic E-state index is 12.3. The minimum Gasteiger partial charge on any atom is -0.355 e. The third-order valence-corrected chi connectivity index (χ3v) is 10.3. The zero-order valence-electron chi connectivity index (χ0n) is 20.8. The number of aromatic nitrogens is 5. The molecule has 8 nitrogen and oxygen atoms in total. The van der Waals surface area contributed by atoms with Gasteiger partial charge in [-0.25, -0.2) is 14.2 Å². The summed E-state index contributed by atoms with van der Waals surface area (Å²) in [6.45, 7) is 6.60. The summed E-state index contributed by atoms with van der Waals surface area (Å²) in [6.07, 6.45) is 10.2. The molecule has 0 amide bonds. The Hall–Kier alpha value is -2.46. The first-order valence-corrected chi connectivity index (χ1v) is 14.4. The standard InChI is InChI=1S/C26H29Cl2N7OS/c1-25(2,37(29)36)14-18-20-6-9-32-35(20)16-26(18)7-11-33(12-8-26)24-21-15-31-23(34(21)13-10-30-24)17-4-3-5-19(27)22(17)28/h3-6,9-10,13,15,18H,7-8,11-12,14,16,29H2,1-2H3/t18-,37?/m1/s1. The molecule has 37 heavy (non-hydrogen) atoms. The summed E-state index contributed by atoms with van der Waals surface area (Å²) in [4.78, 5) is 11.8. The number of hydrogen-bond donors (Lipinski definition) is 1. The van der Waals surface area contributed by atoms with Crippen LogP contribution >= 0.6 is 23.2 Å². The van der Waals surface area contributed by atoms with Crippen LogP contribution < -0.4 is 10.0 Å². The van der Waals surface area contributed by atoms with Crippen molar-refractivity contribution in [3.63, 3.8) is 0 Å². The molecule has 6 rings (SSSR count). The highest BCUT2D eigenvalue weighted by Crippen LogP contribution is 2.54. The third kappa shape index (κ3) is 4.07. The molecule has 194 valence electrons. The van der Waals surface area contributed by atoms with Crippen LogP contribution in [-0.2, 0) is 17.5 Å². The van der Waals surface area contributed by atoms with E-state index in [2.05, 4.69) is 25.7 Å². The minimum absolute atomic E-state index is 0.0571. The number of nitrogens with zero attached hydrogens (tertiary/aromatic N) is 6. The number of halogens is 2. The number of hydrogen-bond acceptors (Lipinski definition) is 5. The topological polar surface area (TPSA) is 94.3 Å².